The maximum atomic E-state index is 13.3. The first-order chi connectivity index (χ1) is 15.0. The van der Waals surface area contributed by atoms with Crippen molar-refractivity contribution in [3.8, 4) is 5.75 Å². The van der Waals surface area contributed by atoms with Gasteiger partial charge in [-0.05, 0) is 50.1 Å². The van der Waals surface area contributed by atoms with E-state index >= 15 is 0 Å². The molecule has 0 saturated carbocycles. The molecule has 1 amide bonds. The van der Waals surface area contributed by atoms with Crippen molar-refractivity contribution in [1.29, 1.82) is 0 Å². The molecule has 0 unspecified atom stereocenters. The highest BCUT2D eigenvalue weighted by Gasteiger charge is 2.20. The van der Waals surface area contributed by atoms with Crippen LogP contribution < -0.4 is 10.1 Å². The van der Waals surface area contributed by atoms with Gasteiger partial charge in [0.15, 0.2) is 5.65 Å². The molecule has 1 atom stereocenters. The maximum Gasteiger partial charge on any atom is 0.252 e. The van der Waals surface area contributed by atoms with E-state index < -0.39 is 0 Å². The number of rotatable bonds is 6. The monoisotopic (exact) mass is 414 g/mol. The molecule has 31 heavy (non-hydrogen) atoms. The van der Waals surface area contributed by atoms with Crippen LogP contribution in [0, 0.1) is 13.8 Å². The van der Waals surface area contributed by atoms with Gasteiger partial charge < -0.3 is 10.1 Å². The van der Waals surface area contributed by atoms with E-state index in [1.54, 1.807) is 7.11 Å². The molecular weight excluding hydrogens is 388 g/mol. The first-order valence-corrected chi connectivity index (χ1v) is 10.3. The summed E-state index contributed by atoms with van der Waals surface area (Å²) in [5, 5.41) is 8.59. The minimum atomic E-state index is -0.175. The summed E-state index contributed by atoms with van der Waals surface area (Å²) in [4.78, 5) is 18.0. The van der Waals surface area contributed by atoms with Gasteiger partial charge in [0, 0.05) is 5.69 Å². The van der Waals surface area contributed by atoms with Crippen LogP contribution in [0.15, 0.2) is 60.7 Å². The molecule has 0 aliphatic carbocycles. The lowest BCUT2D eigenvalue weighted by Gasteiger charge is -2.16. The normalized spacial score (nSPS) is 12.0. The van der Waals surface area contributed by atoms with Gasteiger partial charge in [-0.25, -0.2) is 9.67 Å². The highest BCUT2D eigenvalue weighted by atomic mass is 16.5. The number of carbonyl (C=O) groups is 1. The summed E-state index contributed by atoms with van der Waals surface area (Å²) in [5.74, 6) is 0.618. The number of aromatic nitrogens is 3. The van der Waals surface area contributed by atoms with E-state index in [-0.39, 0.29) is 11.9 Å². The van der Waals surface area contributed by atoms with Crippen LogP contribution in [0.1, 0.15) is 45.8 Å². The lowest BCUT2D eigenvalue weighted by Crippen LogP contribution is -2.27. The topological polar surface area (TPSA) is 69.0 Å². The average Bonchev–Trinajstić information content (AvgIpc) is 3.08. The number of nitrogens with one attached hydrogen (secondary N) is 1. The molecule has 4 rings (SSSR count). The summed E-state index contributed by atoms with van der Waals surface area (Å²) in [7, 11) is 1.63. The lowest BCUT2D eigenvalue weighted by atomic mass is 10.1. The van der Waals surface area contributed by atoms with Gasteiger partial charge in [-0.3, -0.25) is 4.79 Å². The van der Waals surface area contributed by atoms with Gasteiger partial charge in [0.2, 0.25) is 0 Å². The molecule has 0 radical (unpaired) electrons. The summed E-state index contributed by atoms with van der Waals surface area (Å²) in [6.45, 7) is 6.38. The Balaban J connectivity index is 1.67. The number of hydrogen-bond donors (Lipinski definition) is 1. The molecule has 2 heterocycles. The van der Waals surface area contributed by atoms with Gasteiger partial charge in [-0.15, -0.1) is 0 Å². The molecule has 2 aromatic carbocycles. The number of nitrogens with zero attached hydrogens (tertiary/aromatic N) is 3. The Morgan fingerprint density at radius 1 is 1.10 bits per heavy atom. The Kier molecular flexibility index (Phi) is 5.71. The number of methoxy groups -OCH3 is 1. The molecule has 0 aliphatic rings. The zero-order valence-electron chi connectivity index (χ0n) is 18.2. The van der Waals surface area contributed by atoms with Gasteiger partial charge in [0.1, 0.15) is 5.75 Å². The Morgan fingerprint density at radius 2 is 1.87 bits per heavy atom. The minimum absolute atomic E-state index is 0.145. The van der Waals surface area contributed by atoms with Crippen molar-refractivity contribution in [2.45, 2.75) is 33.4 Å². The molecule has 0 spiro atoms. The van der Waals surface area contributed by atoms with Gasteiger partial charge in [0.25, 0.3) is 5.91 Å². The van der Waals surface area contributed by atoms with Crippen LogP contribution in [0.4, 0.5) is 0 Å². The third-order valence-electron chi connectivity index (χ3n) is 5.37. The number of aryl methyl sites for hydroxylation is 2. The largest absolute Gasteiger partial charge is 0.497 e. The first kappa shape index (κ1) is 20.6. The molecule has 0 aliphatic heterocycles. The molecule has 158 valence electrons. The van der Waals surface area contributed by atoms with E-state index in [9.17, 15) is 4.79 Å². The second-order valence-electron chi connectivity index (χ2n) is 7.71. The molecule has 2 aromatic heterocycles. The molecule has 1 N–H and O–H groups in total. The van der Waals surface area contributed by atoms with E-state index in [1.165, 1.54) is 0 Å². The van der Waals surface area contributed by atoms with Crippen molar-refractivity contribution >= 4 is 16.9 Å². The van der Waals surface area contributed by atoms with Crippen molar-refractivity contribution in [3.63, 3.8) is 0 Å². The summed E-state index contributed by atoms with van der Waals surface area (Å²) < 4.78 is 7.17. The fraction of sp³-hybridized carbons (Fsp3) is 0.240. The van der Waals surface area contributed by atoms with Crippen LogP contribution in [0.5, 0.6) is 5.75 Å². The second-order valence-corrected chi connectivity index (χ2v) is 7.71. The van der Waals surface area contributed by atoms with E-state index in [1.807, 2.05) is 74.0 Å². The number of carbonyl (C=O) groups excluding carboxylic acids is 1. The van der Waals surface area contributed by atoms with Crippen LogP contribution >= 0.6 is 0 Å². The van der Waals surface area contributed by atoms with E-state index in [2.05, 4.69) is 22.5 Å². The van der Waals surface area contributed by atoms with Crippen molar-refractivity contribution in [1.82, 2.24) is 20.1 Å². The quantitative estimate of drug-likeness (QED) is 0.501. The first-order valence-electron chi connectivity index (χ1n) is 10.3. The number of hydrogen-bond acceptors (Lipinski definition) is 4. The van der Waals surface area contributed by atoms with Crippen molar-refractivity contribution < 1.29 is 9.53 Å². The fourth-order valence-electron chi connectivity index (χ4n) is 3.79. The van der Waals surface area contributed by atoms with E-state index in [4.69, 9.17) is 9.72 Å². The fourth-order valence-corrected chi connectivity index (χ4v) is 3.79. The van der Waals surface area contributed by atoms with Gasteiger partial charge in [-0.2, -0.15) is 5.10 Å². The smallest absolute Gasteiger partial charge is 0.252 e. The van der Waals surface area contributed by atoms with Crippen molar-refractivity contribution in [2.75, 3.05) is 7.11 Å². The highest BCUT2D eigenvalue weighted by Crippen LogP contribution is 2.25. The predicted octanol–water partition coefficient (Wildman–Crippen LogP) is 4.60. The van der Waals surface area contributed by atoms with E-state index in [0.717, 1.165) is 39.3 Å². The Hall–Kier alpha value is -3.67. The predicted molar refractivity (Wildman–Crippen MR) is 121 cm³/mol. The van der Waals surface area contributed by atoms with Gasteiger partial charge >= 0.3 is 0 Å². The van der Waals surface area contributed by atoms with Crippen LogP contribution in [-0.2, 0) is 6.54 Å². The molecular formula is C25H26N4O2. The van der Waals surface area contributed by atoms with Crippen LogP contribution in [-0.4, -0.2) is 27.8 Å². The number of fused-ring (bicyclic) bond motifs is 1. The Bertz CT molecular complexity index is 1230. The molecule has 0 fully saturated rings. The summed E-state index contributed by atoms with van der Waals surface area (Å²) in [5.41, 5.74) is 4.99. The third-order valence-corrected chi connectivity index (χ3v) is 5.37. The molecule has 4 aromatic rings. The zero-order valence-corrected chi connectivity index (χ0v) is 18.2. The number of ether oxygens (including phenoxy) is 1. The molecule has 0 saturated heterocycles. The zero-order chi connectivity index (χ0) is 22.0. The average molecular weight is 415 g/mol. The maximum absolute atomic E-state index is 13.3. The summed E-state index contributed by atoms with van der Waals surface area (Å²) >= 11 is 0. The number of pyridine rings is 1. The number of benzene rings is 2. The third kappa shape index (κ3) is 4.28. The minimum Gasteiger partial charge on any atom is -0.497 e. The van der Waals surface area contributed by atoms with Crippen LogP contribution in [0.2, 0.25) is 0 Å². The Morgan fingerprint density at radius 3 is 2.61 bits per heavy atom. The van der Waals surface area contributed by atoms with Crippen molar-refractivity contribution in [2.24, 2.45) is 0 Å². The summed E-state index contributed by atoms with van der Waals surface area (Å²) in [6.07, 6.45) is 0. The van der Waals surface area contributed by atoms with Gasteiger partial charge in [0.05, 0.1) is 36.3 Å². The number of amides is 1. The van der Waals surface area contributed by atoms with Crippen LogP contribution in [0.25, 0.3) is 11.0 Å². The highest BCUT2D eigenvalue weighted by molar-refractivity contribution is 6.06. The second kappa shape index (κ2) is 8.60. The van der Waals surface area contributed by atoms with Gasteiger partial charge in [-0.1, -0.05) is 42.5 Å². The Labute approximate surface area is 181 Å². The molecule has 6 nitrogen and oxygen atoms in total. The SMILES string of the molecule is COc1cccc([C@H](C)NC(=O)c2cc(C)nc3c2c(C)nn3Cc2ccccc2)c1. The van der Waals surface area contributed by atoms with Crippen molar-refractivity contribution in [3.05, 3.63) is 88.7 Å². The van der Waals surface area contributed by atoms with E-state index in [0.29, 0.717) is 12.1 Å². The molecule has 6 heteroatoms. The molecule has 0 bridgehead atoms. The van der Waals surface area contributed by atoms with Crippen LogP contribution in [0.3, 0.4) is 0 Å². The standard InChI is InChI=1S/C25H26N4O2/c1-16-13-22(25(30)27-17(2)20-11-8-12-21(14-20)31-4)23-18(3)28-29(24(23)26-16)15-19-9-6-5-7-10-19/h5-14,17H,15H2,1-4H3,(H,27,30)/t17-/m0/s1. The summed E-state index contributed by atoms with van der Waals surface area (Å²) in [6, 6.07) is 19.5. The lowest BCUT2D eigenvalue weighted by molar-refractivity contribution is 0.0941.